The topological polar surface area (TPSA) is 230 Å². The Morgan fingerprint density at radius 3 is 2.35 bits per heavy atom. The first-order valence-electron chi connectivity index (χ1n) is 24.5. The van der Waals surface area contributed by atoms with Gasteiger partial charge in [0.1, 0.15) is 35.8 Å². The van der Waals surface area contributed by atoms with Gasteiger partial charge in [-0.3, -0.25) is 19.5 Å². The zero-order chi connectivity index (χ0) is 51.4. The summed E-state index contributed by atoms with van der Waals surface area (Å²) in [6.07, 6.45) is 0.0262. The molecule has 3 saturated heterocycles. The first-order chi connectivity index (χ1) is 33.7. The largest absolute Gasteiger partial charge is 0.458 e. The molecule has 3 amide bonds. The number of hydrogen-bond acceptors (Lipinski definition) is 16. The number of alkyl carbamates (subject to hydrolysis) is 2. The number of nitrogens with one attached hydrogen (secondary N) is 2. The molecule has 4 aliphatic rings. The van der Waals surface area contributed by atoms with Crippen LogP contribution < -0.4 is 10.6 Å². The second-order valence-corrected chi connectivity index (χ2v) is 20.1. The number of Topliss-reactive ketones (excluding diaryl/α,β-unsaturated/α-hetero) is 1. The van der Waals surface area contributed by atoms with E-state index in [4.69, 9.17) is 28.4 Å². The number of carbonyl (C=O) groups excluding carboxylic acids is 5. The van der Waals surface area contributed by atoms with E-state index in [2.05, 4.69) is 25.6 Å². The molecule has 0 bridgehead atoms. The lowest BCUT2D eigenvalue weighted by Crippen LogP contribution is -2.61. The Kier molecular flexibility index (Phi) is 16.5. The van der Waals surface area contributed by atoms with Gasteiger partial charge in [-0.1, -0.05) is 70.2 Å². The Labute approximate surface area is 415 Å². The lowest BCUT2D eigenvalue weighted by molar-refractivity contribution is -0.298. The quantitative estimate of drug-likeness (QED) is 0.155. The van der Waals surface area contributed by atoms with Crippen LogP contribution in [0.1, 0.15) is 91.5 Å². The number of aromatic nitrogens is 3. The van der Waals surface area contributed by atoms with Crippen LogP contribution in [0.3, 0.4) is 0 Å². The van der Waals surface area contributed by atoms with Gasteiger partial charge in [0.25, 0.3) is 0 Å². The second kappa shape index (κ2) is 22.2. The fraction of sp³-hybridized carbons (Fsp3) is 0.577. The summed E-state index contributed by atoms with van der Waals surface area (Å²) in [6.45, 7) is 13.9. The van der Waals surface area contributed by atoms with Gasteiger partial charge in [0.2, 0.25) is 0 Å². The molecule has 3 aromatic rings. The van der Waals surface area contributed by atoms with Crippen molar-refractivity contribution in [2.45, 2.75) is 148 Å². The molecule has 2 aromatic heterocycles. The average Bonchev–Trinajstić information content (AvgIpc) is 3.93. The highest BCUT2D eigenvalue weighted by molar-refractivity contribution is 5.85. The number of fused-ring (bicyclic) bond motifs is 2. The fourth-order valence-electron chi connectivity index (χ4n) is 10.7. The number of aliphatic hydroxyl groups is 1. The lowest BCUT2D eigenvalue weighted by Gasteiger charge is -2.48. The van der Waals surface area contributed by atoms with Crippen LogP contribution in [0, 0.1) is 23.7 Å². The van der Waals surface area contributed by atoms with Crippen molar-refractivity contribution in [2.24, 2.45) is 23.7 Å². The minimum absolute atomic E-state index is 0.0340. The van der Waals surface area contributed by atoms with E-state index in [-0.39, 0.29) is 38.3 Å². The van der Waals surface area contributed by atoms with Gasteiger partial charge >= 0.3 is 24.2 Å². The monoisotopic (exact) mass is 984 g/mol. The van der Waals surface area contributed by atoms with Gasteiger partial charge in [0, 0.05) is 54.5 Å². The number of likely N-dealkylation sites (N-methyl/N-ethyl adjacent to an activating group) is 1. The summed E-state index contributed by atoms with van der Waals surface area (Å²) in [5.41, 5.74) is -0.0445. The number of pyridine rings is 1. The van der Waals surface area contributed by atoms with Gasteiger partial charge in [-0.05, 0) is 84.3 Å². The predicted molar refractivity (Wildman–Crippen MR) is 259 cm³/mol. The number of esters is 1. The number of ketones is 1. The molecule has 6 heterocycles. The Hall–Kier alpha value is -6.02. The molecule has 4 aliphatic heterocycles. The molecule has 19 nitrogen and oxygen atoms in total. The zero-order valence-electron chi connectivity index (χ0n) is 42.3. The van der Waals surface area contributed by atoms with Gasteiger partial charge in [-0.2, -0.15) is 0 Å². The van der Waals surface area contributed by atoms with E-state index in [1.54, 1.807) is 85.3 Å². The highest BCUT2D eigenvalue weighted by Gasteiger charge is 2.58. The Morgan fingerprint density at radius 2 is 1.68 bits per heavy atom. The summed E-state index contributed by atoms with van der Waals surface area (Å²) in [4.78, 5) is 87.6. The first-order valence-corrected chi connectivity index (χ1v) is 24.5. The van der Waals surface area contributed by atoms with Crippen molar-refractivity contribution in [1.29, 1.82) is 0 Å². The maximum absolute atomic E-state index is 14.8. The van der Waals surface area contributed by atoms with Crippen LogP contribution in [0.15, 0.2) is 67.1 Å². The molecule has 384 valence electrons. The van der Waals surface area contributed by atoms with E-state index < -0.39 is 108 Å². The van der Waals surface area contributed by atoms with Crippen LogP contribution in [-0.4, -0.2) is 141 Å². The highest BCUT2D eigenvalue weighted by atomic mass is 16.7. The molecule has 0 saturated carbocycles. The summed E-state index contributed by atoms with van der Waals surface area (Å²) in [7, 11) is 3.67. The minimum Gasteiger partial charge on any atom is -0.458 e. The molecule has 14 atom stereocenters. The van der Waals surface area contributed by atoms with Gasteiger partial charge in [0.15, 0.2) is 17.7 Å². The normalized spacial score (nSPS) is 33.6. The van der Waals surface area contributed by atoms with Crippen LogP contribution in [0.25, 0.3) is 17.5 Å². The van der Waals surface area contributed by atoms with Crippen LogP contribution in [0.2, 0.25) is 0 Å². The van der Waals surface area contributed by atoms with Crippen molar-refractivity contribution >= 4 is 36.1 Å². The van der Waals surface area contributed by atoms with Crippen LogP contribution in [-0.2, 0) is 51.1 Å². The van der Waals surface area contributed by atoms with Crippen molar-refractivity contribution in [3.63, 3.8) is 0 Å². The lowest BCUT2D eigenvalue weighted by atomic mass is 9.73. The standard InChI is InChI=1S/C52H69N7O12/c1-11-39-52(8)43(57-49(64)71-52)31(4)40(60)29(2)26-51(7,70-48(63)56-22-12-15-34-17-19-35(20-18-34)45-54-23-14-24-55-45)44(69-47-41(61)38(58(9)10)25-30(3)66-47)32(5)42(33(6)46(62)67-39)68-50(65)59-27-36-16-13-21-53-37(36)28-59/h12-21,23-24,29-33,38-39,41-44,47,61H,11,22,25-28H2,1-10H3,(H,56,63)(H,57,64)/b15-12+/t29-,30-,31+,32+,33-,38+,39-,41-,42+,43-,44-,47+,51-,52-/m1/s1. The van der Waals surface area contributed by atoms with Gasteiger partial charge in [-0.15, -0.1) is 0 Å². The third kappa shape index (κ3) is 11.7. The molecule has 19 heteroatoms. The maximum Gasteiger partial charge on any atom is 0.410 e. The van der Waals surface area contributed by atoms with Crippen molar-refractivity contribution in [3.8, 4) is 11.4 Å². The molecule has 0 unspecified atom stereocenters. The van der Waals surface area contributed by atoms with Crippen molar-refractivity contribution < 1.29 is 57.5 Å². The third-order valence-corrected chi connectivity index (χ3v) is 14.6. The van der Waals surface area contributed by atoms with E-state index in [1.807, 2.05) is 62.3 Å². The first kappa shape index (κ1) is 52.8. The van der Waals surface area contributed by atoms with E-state index in [0.717, 1.165) is 16.7 Å². The third-order valence-electron chi connectivity index (χ3n) is 14.6. The van der Waals surface area contributed by atoms with Crippen LogP contribution in [0.5, 0.6) is 0 Å². The van der Waals surface area contributed by atoms with E-state index in [1.165, 1.54) is 4.90 Å². The Morgan fingerprint density at radius 1 is 0.972 bits per heavy atom. The van der Waals surface area contributed by atoms with Gasteiger partial charge in [-0.25, -0.2) is 24.4 Å². The van der Waals surface area contributed by atoms with Crippen molar-refractivity contribution in [2.75, 3.05) is 20.6 Å². The average molecular weight is 984 g/mol. The molecule has 0 spiro atoms. The number of hydrogen-bond donors (Lipinski definition) is 3. The van der Waals surface area contributed by atoms with Crippen LogP contribution >= 0.6 is 0 Å². The number of ether oxygens (including phenoxy) is 6. The van der Waals surface area contributed by atoms with E-state index >= 15 is 0 Å². The summed E-state index contributed by atoms with van der Waals surface area (Å²) >= 11 is 0. The van der Waals surface area contributed by atoms with Crippen molar-refractivity contribution in [3.05, 3.63) is 84.0 Å². The number of benzene rings is 1. The highest BCUT2D eigenvalue weighted by Crippen LogP contribution is 2.42. The molecular formula is C52H69N7O12. The van der Waals surface area contributed by atoms with E-state index in [9.17, 15) is 29.1 Å². The van der Waals surface area contributed by atoms with E-state index in [0.29, 0.717) is 17.9 Å². The summed E-state index contributed by atoms with van der Waals surface area (Å²) in [6, 6.07) is 11.6. The van der Waals surface area contributed by atoms with Crippen molar-refractivity contribution in [1.82, 2.24) is 35.4 Å². The fourth-order valence-corrected chi connectivity index (χ4v) is 10.7. The molecule has 71 heavy (non-hydrogen) atoms. The van der Waals surface area contributed by atoms with Gasteiger partial charge in [0.05, 0.1) is 36.8 Å². The molecule has 0 radical (unpaired) electrons. The zero-order valence-corrected chi connectivity index (χ0v) is 42.3. The second-order valence-electron chi connectivity index (χ2n) is 20.1. The summed E-state index contributed by atoms with van der Waals surface area (Å²) in [5, 5.41) is 17.5. The number of carbonyl (C=O) groups is 5. The number of aliphatic hydroxyl groups excluding tert-OH is 1. The Balaban J connectivity index is 1.27. The van der Waals surface area contributed by atoms with Crippen LogP contribution in [0.4, 0.5) is 14.4 Å². The number of rotatable bonds is 10. The minimum atomic E-state index is -1.79. The molecular weight excluding hydrogens is 915 g/mol. The number of cyclic esters (lactones) is 1. The maximum atomic E-state index is 14.8. The summed E-state index contributed by atoms with van der Waals surface area (Å²) < 4.78 is 38.3. The molecule has 3 N–H and O–H groups in total. The number of amides is 3. The van der Waals surface area contributed by atoms with Gasteiger partial charge < -0.3 is 49.1 Å². The Bertz CT molecular complexity index is 2380. The molecule has 7 rings (SSSR count). The number of nitrogens with zero attached hydrogens (tertiary/aromatic N) is 5. The molecule has 3 fully saturated rings. The SMILES string of the molecule is CC[C@H]1OC(=O)[C@H](C)[C@@H](OC(=O)N2Cc3cccnc3C2)[C@H](C)[C@@H](O[C@@H]2O[C@H](C)C[C@H](N(C)C)[C@H]2O)[C@](C)(OC(=O)NC/C=C/c2ccc(-c3ncccn3)cc2)C[C@@H](C)C(=O)[C@H](C)[C@H]2NC(=O)O[C@@]21C. The summed E-state index contributed by atoms with van der Waals surface area (Å²) in [5.74, 6) is -4.53. The smallest absolute Gasteiger partial charge is 0.410 e. The predicted octanol–water partition coefficient (Wildman–Crippen LogP) is 6.08. The molecule has 1 aromatic carbocycles. The molecule has 0 aliphatic carbocycles.